The van der Waals surface area contributed by atoms with E-state index in [0.717, 1.165) is 5.56 Å². The Morgan fingerprint density at radius 2 is 2.19 bits per heavy atom. The highest BCUT2D eigenvalue weighted by atomic mass is 16.4. The van der Waals surface area contributed by atoms with Crippen molar-refractivity contribution in [2.75, 3.05) is 6.54 Å². The minimum absolute atomic E-state index is 0.222. The van der Waals surface area contributed by atoms with E-state index >= 15 is 0 Å². The van der Waals surface area contributed by atoms with E-state index in [2.05, 4.69) is 5.32 Å². The fourth-order valence-corrected chi connectivity index (χ4v) is 1.17. The fraction of sp³-hybridized carbons (Fsp3) is 0.182. The molecule has 0 atom stereocenters. The van der Waals surface area contributed by atoms with E-state index in [0.29, 0.717) is 5.56 Å². The van der Waals surface area contributed by atoms with Crippen LogP contribution in [0.25, 0.3) is 0 Å². The maximum absolute atomic E-state index is 11.4. The largest absolute Gasteiger partial charge is 0.480 e. The monoisotopic (exact) mass is 218 g/mol. The lowest BCUT2D eigenvalue weighted by molar-refractivity contribution is -0.135. The average molecular weight is 218 g/mol. The topological polar surface area (TPSA) is 90.2 Å². The van der Waals surface area contributed by atoms with Crippen molar-refractivity contribution >= 4 is 11.9 Å². The number of nitrogens with zero attached hydrogens (tertiary/aromatic N) is 1. The molecule has 0 bridgehead atoms. The number of benzene rings is 1. The van der Waals surface area contributed by atoms with Crippen LogP contribution >= 0.6 is 0 Å². The molecule has 0 radical (unpaired) electrons. The second-order valence-electron chi connectivity index (χ2n) is 3.11. The van der Waals surface area contributed by atoms with Gasteiger partial charge in [-0.1, -0.05) is 12.1 Å². The third-order valence-electron chi connectivity index (χ3n) is 1.87. The van der Waals surface area contributed by atoms with Gasteiger partial charge >= 0.3 is 5.97 Å². The molecule has 1 aromatic carbocycles. The van der Waals surface area contributed by atoms with Crippen LogP contribution in [0.1, 0.15) is 15.9 Å². The van der Waals surface area contributed by atoms with Gasteiger partial charge in [-0.05, 0) is 17.7 Å². The zero-order chi connectivity index (χ0) is 12.0. The number of hydrogen-bond acceptors (Lipinski definition) is 3. The first kappa shape index (κ1) is 11.7. The van der Waals surface area contributed by atoms with Crippen LogP contribution < -0.4 is 5.32 Å². The van der Waals surface area contributed by atoms with Gasteiger partial charge in [-0.2, -0.15) is 5.26 Å². The van der Waals surface area contributed by atoms with Crippen molar-refractivity contribution in [2.45, 2.75) is 6.42 Å². The summed E-state index contributed by atoms with van der Waals surface area (Å²) in [6, 6.07) is 8.50. The summed E-state index contributed by atoms with van der Waals surface area (Å²) in [6.45, 7) is -0.415. The number of amides is 1. The molecule has 1 rings (SSSR count). The van der Waals surface area contributed by atoms with Gasteiger partial charge < -0.3 is 10.4 Å². The maximum atomic E-state index is 11.4. The molecule has 2 N–H and O–H groups in total. The van der Waals surface area contributed by atoms with Crippen LogP contribution in [0.5, 0.6) is 0 Å². The maximum Gasteiger partial charge on any atom is 0.322 e. The minimum atomic E-state index is -1.10. The molecule has 0 spiro atoms. The third-order valence-corrected chi connectivity index (χ3v) is 1.87. The third kappa shape index (κ3) is 3.42. The second-order valence-corrected chi connectivity index (χ2v) is 3.11. The number of aliphatic carboxylic acids is 1. The SMILES string of the molecule is N#CCc1cccc(C(=O)NCC(=O)O)c1. The van der Waals surface area contributed by atoms with Crippen LogP contribution in [0.4, 0.5) is 0 Å². The standard InChI is InChI=1S/C11H10N2O3/c12-5-4-8-2-1-3-9(6-8)11(16)13-7-10(14)15/h1-3,6H,4,7H2,(H,13,16)(H,14,15). The van der Waals surface area contributed by atoms with Crippen LogP contribution in [0.2, 0.25) is 0 Å². The lowest BCUT2D eigenvalue weighted by Gasteiger charge is -2.03. The minimum Gasteiger partial charge on any atom is -0.480 e. The summed E-state index contributed by atoms with van der Waals surface area (Å²) in [5.74, 6) is -1.55. The molecule has 5 heteroatoms. The molecule has 0 saturated heterocycles. The molecule has 1 aromatic rings. The van der Waals surface area contributed by atoms with Crippen molar-refractivity contribution in [3.05, 3.63) is 35.4 Å². The molecule has 0 aliphatic heterocycles. The summed E-state index contributed by atoms with van der Waals surface area (Å²) in [5.41, 5.74) is 1.08. The Kier molecular flexibility index (Phi) is 4.04. The summed E-state index contributed by atoms with van der Waals surface area (Å²) in [5, 5.41) is 19.1. The number of carboxylic acid groups (broad SMARTS) is 1. The van der Waals surface area contributed by atoms with E-state index in [9.17, 15) is 9.59 Å². The summed E-state index contributed by atoms with van der Waals surface area (Å²) in [7, 11) is 0. The van der Waals surface area contributed by atoms with E-state index in [1.807, 2.05) is 6.07 Å². The Labute approximate surface area is 92.3 Å². The van der Waals surface area contributed by atoms with Gasteiger partial charge in [0, 0.05) is 5.56 Å². The molecule has 5 nitrogen and oxygen atoms in total. The lowest BCUT2D eigenvalue weighted by atomic mass is 10.1. The van der Waals surface area contributed by atoms with Crippen molar-refractivity contribution in [1.82, 2.24) is 5.32 Å². The summed E-state index contributed by atoms with van der Waals surface area (Å²) >= 11 is 0. The normalized spacial score (nSPS) is 9.19. The quantitative estimate of drug-likeness (QED) is 0.772. The molecular weight excluding hydrogens is 208 g/mol. The fourth-order valence-electron chi connectivity index (χ4n) is 1.17. The van der Waals surface area contributed by atoms with Gasteiger partial charge in [-0.25, -0.2) is 0 Å². The van der Waals surface area contributed by atoms with E-state index in [4.69, 9.17) is 10.4 Å². The van der Waals surface area contributed by atoms with Crippen LogP contribution in [-0.2, 0) is 11.2 Å². The number of hydrogen-bond donors (Lipinski definition) is 2. The second kappa shape index (κ2) is 5.51. The first-order valence-corrected chi connectivity index (χ1v) is 4.59. The van der Waals surface area contributed by atoms with Gasteiger partial charge in [0.1, 0.15) is 6.54 Å². The Morgan fingerprint density at radius 3 is 2.81 bits per heavy atom. The first-order valence-electron chi connectivity index (χ1n) is 4.59. The molecule has 1 amide bonds. The van der Waals surface area contributed by atoms with Crippen molar-refractivity contribution in [3.8, 4) is 6.07 Å². The van der Waals surface area contributed by atoms with E-state index in [1.54, 1.807) is 24.3 Å². The Balaban J connectivity index is 2.72. The summed E-state index contributed by atoms with van der Waals surface area (Å²) < 4.78 is 0. The van der Waals surface area contributed by atoms with Gasteiger partial charge in [0.25, 0.3) is 5.91 Å². The first-order chi connectivity index (χ1) is 7.63. The van der Waals surface area contributed by atoms with Crippen molar-refractivity contribution in [2.24, 2.45) is 0 Å². The lowest BCUT2D eigenvalue weighted by Crippen LogP contribution is -2.29. The highest BCUT2D eigenvalue weighted by Crippen LogP contribution is 2.05. The number of carbonyl (C=O) groups is 2. The van der Waals surface area contributed by atoms with Gasteiger partial charge in [0.05, 0.1) is 12.5 Å². The summed E-state index contributed by atoms with van der Waals surface area (Å²) in [4.78, 5) is 21.7. The molecule has 16 heavy (non-hydrogen) atoms. The number of carbonyl (C=O) groups excluding carboxylic acids is 1. The highest BCUT2D eigenvalue weighted by Gasteiger charge is 2.07. The van der Waals surface area contributed by atoms with Crippen LogP contribution in [0, 0.1) is 11.3 Å². The van der Waals surface area contributed by atoms with Gasteiger partial charge in [-0.3, -0.25) is 9.59 Å². The van der Waals surface area contributed by atoms with Crippen molar-refractivity contribution in [3.63, 3.8) is 0 Å². The molecule has 0 aliphatic rings. The van der Waals surface area contributed by atoms with Gasteiger partial charge in [0.15, 0.2) is 0 Å². The number of nitrogens with one attached hydrogen (secondary N) is 1. The molecule has 0 aliphatic carbocycles. The zero-order valence-electron chi connectivity index (χ0n) is 8.43. The number of carboxylic acids is 1. The van der Waals surface area contributed by atoms with Gasteiger partial charge in [0.2, 0.25) is 0 Å². The Hall–Kier alpha value is -2.35. The molecule has 0 heterocycles. The van der Waals surface area contributed by atoms with Crippen LogP contribution in [0.15, 0.2) is 24.3 Å². The van der Waals surface area contributed by atoms with Gasteiger partial charge in [-0.15, -0.1) is 0 Å². The predicted octanol–water partition coefficient (Wildman–Crippen LogP) is 0.567. The molecule has 82 valence electrons. The molecular formula is C11H10N2O3. The van der Waals surface area contributed by atoms with E-state index in [1.165, 1.54) is 0 Å². The van der Waals surface area contributed by atoms with E-state index in [-0.39, 0.29) is 6.42 Å². The van der Waals surface area contributed by atoms with Crippen molar-refractivity contribution in [1.29, 1.82) is 5.26 Å². The van der Waals surface area contributed by atoms with Crippen molar-refractivity contribution < 1.29 is 14.7 Å². The predicted molar refractivity (Wildman–Crippen MR) is 55.7 cm³/mol. The highest BCUT2D eigenvalue weighted by molar-refractivity contribution is 5.95. The Bertz CT molecular complexity index is 449. The van der Waals surface area contributed by atoms with E-state index < -0.39 is 18.4 Å². The molecule has 0 unspecified atom stereocenters. The number of nitriles is 1. The smallest absolute Gasteiger partial charge is 0.322 e. The van der Waals surface area contributed by atoms with Crippen LogP contribution in [-0.4, -0.2) is 23.5 Å². The molecule has 0 fully saturated rings. The molecule has 0 aromatic heterocycles. The van der Waals surface area contributed by atoms with Crippen LogP contribution in [0.3, 0.4) is 0 Å². The zero-order valence-corrected chi connectivity index (χ0v) is 8.43. The number of rotatable bonds is 4. The average Bonchev–Trinajstić information content (AvgIpc) is 2.26. The Morgan fingerprint density at radius 1 is 1.44 bits per heavy atom. The molecule has 0 saturated carbocycles. The summed E-state index contributed by atoms with van der Waals surface area (Å²) in [6.07, 6.45) is 0.222.